The summed E-state index contributed by atoms with van der Waals surface area (Å²) in [4.78, 5) is 17.3. The van der Waals surface area contributed by atoms with Gasteiger partial charge in [-0.15, -0.1) is 0 Å². The van der Waals surface area contributed by atoms with Crippen LogP contribution in [0.2, 0.25) is 0 Å². The Morgan fingerprint density at radius 2 is 2.29 bits per heavy atom. The molecule has 1 aliphatic rings. The fraction of sp³-hybridized carbons (Fsp3) is 0.357. The number of anilines is 1. The molecule has 3 rings (SSSR count). The predicted octanol–water partition coefficient (Wildman–Crippen LogP) is 1.85. The van der Waals surface area contributed by atoms with E-state index in [1.807, 2.05) is 18.5 Å². The largest absolute Gasteiger partial charge is 0.382 e. The van der Waals surface area contributed by atoms with Crippen molar-refractivity contribution in [2.45, 2.75) is 19.6 Å². The van der Waals surface area contributed by atoms with Gasteiger partial charge < -0.3 is 9.88 Å². The molecule has 0 atom stereocenters. The summed E-state index contributed by atoms with van der Waals surface area (Å²) in [7, 11) is 1.72. The van der Waals surface area contributed by atoms with Crippen molar-refractivity contribution >= 4 is 11.4 Å². The number of nitrogens with zero attached hydrogens (tertiary/aromatic N) is 4. The van der Waals surface area contributed by atoms with Crippen LogP contribution < -0.4 is 5.32 Å². The Bertz CT molecular complexity index is 667. The third-order valence-electron chi connectivity index (χ3n) is 3.79. The van der Waals surface area contributed by atoms with Gasteiger partial charge in [0.05, 0.1) is 11.5 Å². The second-order valence-corrected chi connectivity index (χ2v) is 5.07. The maximum atomic E-state index is 11.1. The van der Waals surface area contributed by atoms with Gasteiger partial charge in [0.25, 0.3) is 5.69 Å². The van der Waals surface area contributed by atoms with Gasteiger partial charge in [-0.25, -0.2) is 4.98 Å². The minimum Gasteiger partial charge on any atom is -0.382 e. The minimum absolute atomic E-state index is 0.119. The highest BCUT2D eigenvalue weighted by molar-refractivity contribution is 5.66. The van der Waals surface area contributed by atoms with Crippen molar-refractivity contribution in [3.63, 3.8) is 0 Å². The van der Waals surface area contributed by atoms with Gasteiger partial charge in [-0.05, 0) is 5.56 Å². The number of hydrogen-bond acceptors (Lipinski definition) is 5. The van der Waals surface area contributed by atoms with Gasteiger partial charge in [0, 0.05) is 45.1 Å². The molecule has 1 N–H and O–H groups in total. The number of benzene rings is 1. The quantitative estimate of drug-likeness (QED) is 0.686. The van der Waals surface area contributed by atoms with Gasteiger partial charge in [0.1, 0.15) is 11.5 Å². The average molecular weight is 287 g/mol. The lowest BCUT2D eigenvalue weighted by atomic mass is 10.1. The van der Waals surface area contributed by atoms with Gasteiger partial charge in [-0.3, -0.25) is 15.0 Å². The third-order valence-corrected chi connectivity index (χ3v) is 3.79. The van der Waals surface area contributed by atoms with Crippen LogP contribution in [0.3, 0.4) is 0 Å². The molecule has 0 unspecified atom stereocenters. The molecule has 21 heavy (non-hydrogen) atoms. The first-order valence-electron chi connectivity index (χ1n) is 6.85. The summed E-state index contributed by atoms with van der Waals surface area (Å²) in [5.74, 6) is 1.04. The fourth-order valence-electron chi connectivity index (χ4n) is 2.76. The Balaban J connectivity index is 1.83. The number of para-hydroxylation sites is 1. The molecular weight excluding hydrogens is 270 g/mol. The van der Waals surface area contributed by atoms with Gasteiger partial charge in [0.15, 0.2) is 0 Å². The van der Waals surface area contributed by atoms with Crippen molar-refractivity contribution in [2.75, 3.05) is 18.9 Å². The number of rotatable bonds is 4. The van der Waals surface area contributed by atoms with Crippen molar-refractivity contribution in [3.8, 4) is 0 Å². The first-order chi connectivity index (χ1) is 10.2. The molecular formula is C14H17N5O2. The maximum Gasteiger partial charge on any atom is 0.292 e. The van der Waals surface area contributed by atoms with E-state index in [1.165, 1.54) is 6.07 Å². The fourth-order valence-corrected chi connectivity index (χ4v) is 2.76. The summed E-state index contributed by atoms with van der Waals surface area (Å²) >= 11 is 0. The topological polar surface area (TPSA) is 76.2 Å². The lowest BCUT2D eigenvalue weighted by Crippen LogP contribution is -2.33. The van der Waals surface area contributed by atoms with E-state index in [0.29, 0.717) is 12.2 Å². The number of hydrogen-bond donors (Lipinski definition) is 1. The zero-order chi connectivity index (χ0) is 14.8. The summed E-state index contributed by atoms with van der Waals surface area (Å²) < 4.78 is 2.14. The highest BCUT2D eigenvalue weighted by Gasteiger charge is 2.21. The highest BCUT2D eigenvalue weighted by Crippen LogP contribution is 2.29. The summed E-state index contributed by atoms with van der Waals surface area (Å²) in [6.45, 7) is 3.25. The number of nitro benzene ring substituents is 1. The number of imidazole rings is 1. The highest BCUT2D eigenvalue weighted by atomic mass is 16.6. The van der Waals surface area contributed by atoms with Gasteiger partial charge >= 0.3 is 0 Å². The molecule has 0 amide bonds. The van der Waals surface area contributed by atoms with Crippen LogP contribution in [-0.4, -0.2) is 33.0 Å². The van der Waals surface area contributed by atoms with Crippen LogP contribution in [0, 0.1) is 10.1 Å². The first kappa shape index (κ1) is 13.6. The molecule has 0 bridgehead atoms. The minimum atomic E-state index is -0.349. The van der Waals surface area contributed by atoms with Crippen LogP contribution >= 0.6 is 0 Å². The van der Waals surface area contributed by atoms with Gasteiger partial charge in [0.2, 0.25) is 0 Å². The smallest absolute Gasteiger partial charge is 0.292 e. The molecule has 1 aromatic carbocycles. The van der Waals surface area contributed by atoms with Crippen molar-refractivity contribution in [3.05, 3.63) is 52.1 Å². The van der Waals surface area contributed by atoms with Crippen molar-refractivity contribution in [1.29, 1.82) is 0 Å². The van der Waals surface area contributed by atoms with Crippen LogP contribution in [0.15, 0.2) is 30.6 Å². The van der Waals surface area contributed by atoms with Gasteiger partial charge in [-0.2, -0.15) is 0 Å². The monoisotopic (exact) mass is 287 g/mol. The molecule has 2 aromatic rings. The van der Waals surface area contributed by atoms with Crippen LogP contribution in [0.4, 0.5) is 11.4 Å². The summed E-state index contributed by atoms with van der Waals surface area (Å²) in [5.41, 5.74) is 1.65. The zero-order valence-electron chi connectivity index (χ0n) is 11.8. The Morgan fingerprint density at radius 3 is 3.05 bits per heavy atom. The van der Waals surface area contributed by atoms with Crippen LogP contribution in [0.5, 0.6) is 0 Å². The van der Waals surface area contributed by atoms with Crippen molar-refractivity contribution in [1.82, 2.24) is 14.5 Å². The number of fused-ring (bicyclic) bond motifs is 1. The van der Waals surface area contributed by atoms with E-state index < -0.39 is 0 Å². The summed E-state index contributed by atoms with van der Waals surface area (Å²) in [6.07, 6.45) is 3.80. The van der Waals surface area contributed by atoms with E-state index in [0.717, 1.165) is 31.0 Å². The Kier molecular flexibility index (Phi) is 3.57. The van der Waals surface area contributed by atoms with Crippen molar-refractivity contribution in [2.24, 2.45) is 0 Å². The van der Waals surface area contributed by atoms with E-state index in [-0.39, 0.29) is 10.6 Å². The van der Waals surface area contributed by atoms with E-state index in [1.54, 1.807) is 13.1 Å². The number of nitrogens with one attached hydrogen (secondary N) is 1. The molecule has 0 spiro atoms. The summed E-state index contributed by atoms with van der Waals surface area (Å²) in [5, 5.41) is 14.1. The van der Waals surface area contributed by atoms with E-state index in [4.69, 9.17) is 0 Å². The van der Waals surface area contributed by atoms with Crippen molar-refractivity contribution < 1.29 is 4.92 Å². The SMILES string of the molecule is CNc1c(CN2CCn3ccnc3C2)cccc1[N+](=O)[O-]. The van der Waals surface area contributed by atoms with Gasteiger partial charge in [-0.1, -0.05) is 12.1 Å². The number of nitro groups is 1. The van der Waals surface area contributed by atoms with E-state index >= 15 is 0 Å². The molecule has 1 aromatic heterocycles. The molecule has 2 heterocycles. The molecule has 0 saturated heterocycles. The standard InChI is InChI=1S/C14H17N5O2/c1-15-14-11(3-2-4-12(14)19(20)21)9-17-7-8-18-6-5-16-13(18)10-17/h2-6,15H,7-10H2,1H3. The van der Waals surface area contributed by atoms with Crippen LogP contribution in [-0.2, 0) is 19.6 Å². The Hall–Kier alpha value is -2.41. The normalized spacial score (nSPS) is 14.7. The summed E-state index contributed by atoms with van der Waals surface area (Å²) in [6, 6.07) is 5.19. The molecule has 0 aliphatic carbocycles. The van der Waals surface area contributed by atoms with Crippen LogP contribution in [0.25, 0.3) is 0 Å². The molecule has 7 heteroatoms. The van der Waals surface area contributed by atoms with E-state index in [2.05, 4.69) is 19.8 Å². The zero-order valence-corrected chi connectivity index (χ0v) is 11.8. The predicted molar refractivity (Wildman–Crippen MR) is 79.0 cm³/mol. The molecule has 7 nitrogen and oxygen atoms in total. The maximum absolute atomic E-state index is 11.1. The van der Waals surface area contributed by atoms with E-state index in [9.17, 15) is 10.1 Å². The number of aromatic nitrogens is 2. The van der Waals surface area contributed by atoms with Crippen LogP contribution in [0.1, 0.15) is 11.4 Å². The second-order valence-electron chi connectivity index (χ2n) is 5.07. The third kappa shape index (κ3) is 2.59. The lowest BCUT2D eigenvalue weighted by molar-refractivity contribution is -0.384. The molecule has 0 radical (unpaired) electrons. The Morgan fingerprint density at radius 1 is 1.43 bits per heavy atom. The molecule has 0 saturated carbocycles. The molecule has 0 fully saturated rings. The Labute approximate surface area is 122 Å². The molecule has 110 valence electrons. The average Bonchev–Trinajstić information content (AvgIpc) is 2.94. The molecule has 1 aliphatic heterocycles. The second kappa shape index (κ2) is 5.53. The lowest BCUT2D eigenvalue weighted by Gasteiger charge is -2.28. The first-order valence-corrected chi connectivity index (χ1v) is 6.85.